The van der Waals surface area contributed by atoms with Gasteiger partial charge >= 0.3 is 6.09 Å². The minimum atomic E-state index is -0.336. The van der Waals surface area contributed by atoms with Crippen LogP contribution in [-0.4, -0.2) is 69.4 Å². The molecule has 0 radical (unpaired) electrons. The molecule has 1 aromatic carbocycles. The third-order valence-corrected chi connectivity index (χ3v) is 4.99. The van der Waals surface area contributed by atoms with E-state index in [0.717, 1.165) is 11.3 Å². The number of piperazine rings is 1. The number of benzene rings is 1. The number of carbonyl (C=O) groups excluding carboxylic acids is 2. The van der Waals surface area contributed by atoms with Crippen molar-refractivity contribution in [2.75, 3.05) is 32.8 Å². The van der Waals surface area contributed by atoms with Gasteiger partial charge in [-0.25, -0.2) is 9.48 Å². The van der Waals surface area contributed by atoms with E-state index in [1.807, 2.05) is 42.5 Å². The lowest BCUT2D eigenvalue weighted by atomic mass is 10.1. The quantitative estimate of drug-likeness (QED) is 0.667. The molecule has 2 amide bonds. The van der Waals surface area contributed by atoms with Gasteiger partial charge in [0.05, 0.1) is 17.9 Å². The Labute approximate surface area is 174 Å². The second-order valence-electron chi connectivity index (χ2n) is 6.89. The summed E-state index contributed by atoms with van der Waals surface area (Å²) in [5.41, 5.74) is 2.75. The van der Waals surface area contributed by atoms with E-state index in [2.05, 4.69) is 10.1 Å². The highest BCUT2D eigenvalue weighted by molar-refractivity contribution is 6.00. The fourth-order valence-electron chi connectivity index (χ4n) is 3.44. The van der Waals surface area contributed by atoms with E-state index in [4.69, 9.17) is 4.74 Å². The first-order valence-corrected chi connectivity index (χ1v) is 9.94. The summed E-state index contributed by atoms with van der Waals surface area (Å²) in [7, 11) is 0. The molecule has 1 saturated heterocycles. The second kappa shape index (κ2) is 8.77. The van der Waals surface area contributed by atoms with Gasteiger partial charge in [0.2, 0.25) is 0 Å². The van der Waals surface area contributed by atoms with Crippen molar-refractivity contribution in [1.29, 1.82) is 0 Å². The Kier molecular flexibility index (Phi) is 5.74. The lowest BCUT2D eigenvalue weighted by molar-refractivity contribution is 0.0571. The molecule has 30 heavy (non-hydrogen) atoms. The molecule has 1 aliphatic heterocycles. The van der Waals surface area contributed by atoms with Crippen LogP contribution in [0.3, 0.4) is 0 Å². The van der Waals surface area contributed by atoms with Crippen molar-refractivity contribution in [3.63, 3.8) is 0 Å². The Hall–Kier alpha value is -3.68. The molecular formula is C22H23N5O3. The Bertz CT molecular complexity index is 1010. The van der Waals surface area contributed by atoms with Crippen LogP contribution >= 0.6 is 0 Å². The highest BCUT2D eigenvalue weighted by Gasteiger charge is 2.28. The van der Waals surface area contributed by atoms with Gasteiger partial charge in [0.1, 0.15) is 5.69 Å². The average molecular weight is 405 g/mol. The molecule has 8 heteroatoms. The summed E-state index contributed by atoms with van der Waals surface area (Å²) in [5, 5.41) is 4.68. The minimum absolute atomic E-state index is 0.112. The van der Waals surface area contributed by atoms with E-state index in [9.17, 15) is 9.59 Å². The van der Waals surface area contributed by atoms with E-state index >= 15 is 0 Å². The molecule has 3 heterocycles. The molecule has 8 nitrogen and oxygen atoms in total. The molecule has 0 unspecified atom stereocenters. The summed E-state index contributed by atoms with van der Waals surface area (Å²) in [6.45, 7) is 3.90. The van der Waals surface area contributed by atoms with Crippen LogP contribution in [0.5, 0.6) is 0 Å². The van der Waals surface area contributed by atoms with Gasteiger partial charge in [0, 0.05) is 50.3 Å². The molecule has 1 aliphatic rings. The maximum atomic E-state index is 13.4. The van der Waals surface area contributed by atoms with Gasteiger partial charge in [-0.15, -0.1) is 0 Å². The molecule has 1 fully saturated rings. The molecule has 0 spiro atoms. The van der Waals surface area contributed by atoms with Crippen molar-refractivity contribution in [1.82, 2.24) is 24.6 Å². The summed E-state index contributed by atoms with van der Waals surface area (Å²) in [5.74, 6) is -0.112. The molecule has 0 bridgehead atoms. The zero-order valence-corrected chi connectivity index (χ0v) is 16.8. The molecule has 0 aliphatic carbocycles. The molecule has 0 N–H and O–H groups in total. The predicted octanol–water partition coefficient (Wildman–Crippen LogP) is 2.85. The summed E-state index contributed by atoms with van der Waals surface area (Å²) in [6, 6.07) is 13.4. The van der Waals surface area contributed by atoms with Crippen molar-refractivity contribution in [3.8, 4) is 16.9 Å². The first-order valence-electron chi connectivity index (χ1n) is 9.94. The number of rotatable bonds is 4. The van der Waals surface area contributed by atoms with Gasteiger partial charge in [-0.3, -0.25) is 9.78 Å². The number of pyridine rings is 1. The van der Waals surface area contributed by atoms with E-state index in [-0.39, 0.29) is 12.0 Å². The molecule has 3 aromatic rings. The summed E-state index contributed by atoms with van der Waals surface area (Å²) in [4.78, 5) is 32.8. The summed E-state index contributed by atoms with van der Waals surface area (Å²) < 4.78 is 6.77. The first kappa shape index (κ1) is 19.6. The highest BCUT2D eigenvalue weighted by atomic mass is 16.6. The van der Waals surface area contributed by atoms with Crippen molar-refractivity contribution >= 4 is 12.0 Å². The van der Waals surface area contributed by atoms with E-state index in [1.54, 1.807) is 40.0 Å². The molecular weight excluding hydrogens is 382 g/mol. The van der Waals surface area contributed by atoms with Crippen molar-refractivity contribution < 1.29 is 14.3 Å². The second-order valence-corrected chi connectivity index (χ2v) is 6.89. The minimum Gasteiger partial charge on any atom is -0.450 e. The van der Waals surface area contributed by atoms with E-state index in [0.29, 0.717) is 44.0 Å². The van der Waals surface area contributed by atoms with Crippen molar-refractivity contribution in [2.24, 2.45) is 0 Å². The van der Waals surface area contributed by atoms with Crippen LogP contribution in [0.1, 0.15) is 17.3 Å². The summed E-state index contributed by atoms with van der Waals surface area (Å²) in [6.07, 6.45) is 4.82. The molecule has 154 valence electrons. The van der Waals surface area contributed by atoms with Crippen LogP contribution in [0, 0.1) is 0 Å². The first-order chi connectivity index (χ1) is 14.7. The third kappa shape index (κ3) is 4.03. The summed E-state index contributed by atoms with van der Waals surface area (Å²) >= 11 is 0. The fourth-order valence-corrected chi connectivity index (χ4v) is 3.44. The Morgan fingerprint density at radius 2 is 1.73 bits per heavy atom. The number of nitrogens with zero attached hydrogens (tertiary/aromatic N) is 5. The third-order valence-electron chi connectivity index (χ3n) is 4.99. The molecule has 4 rings (SSSR count). The Morgan fingerprint density at radius 1 is 1.00 bits per heavy atom. The Balaban J connectivity index is 1.61. The van der Waals surface area contributed by atoms with Gasteiger partial charge in [0.25, 0.3) is 5.91 Å². The fraction of sp³-hybridized carbons (Fsp3) is 0.273. The van der Waals surface area contributed by atoms with Gasteiger partial charge in [-0.2, -0.15) is 5.10 Å². The number of aromatic nitrogens is 3. The van der Waals surface area contributed by atoms with E-state index < -0.39 is 0 Å². The largest absolute Gasteiger partial charge is 0.450 e. The molecule has 0 atom stereocenters. The van der Waals surface area contributed by atoms with Crippen molar-refractivity contribution in [3.05, 3.63) is 66.6 Å². The number of hydrogen-bond acceptors (Lipinski definition) is 5. The van der Waals surface area contributed by atoms with Gasteiger partial charge in [-0.05, 0) is 31.2 Å². The van der Waals surface area contributed by atoms with Crippen LogP contribution < -0.4 is 0 Å². The van der Waals surface area contributed by atoms with Gasteiger partial charge in [0.15, 0.2) is 0 Å². The number of carbonyl (C=O) groups is 2. The number of para-hydroxylation sites is 1. The Morgan fingerprint density at radius 3 is 2.40 bits per heavy atom. The van der Waals surface area contributed by atoms with Crippen LogP contribution in [0.25, 0.3) is 16.9 Å². The standard InChI is InChI=1S/C22H23N5O3/c1-2-30-22(29)26-13-11-25(12-14-26)21(28)19-16-27(18-8-4-3-5-9-18)24-20(19)17-7-6-10-23-15-17/h3-10,15-16H,2,11-14H2,1H3. The molecule has 2 aromatic heterocycles. The van der Waals surface area contributed by atoms with Crippen LogP contribution in [-0.2, 0) is 4.74 Å². The van der Waals surface area contributed by atoms with E-state index in [1.165, 1.54) is 0 Å². The van der Waals surface area contributed by atoms with Gasteiger partial charge < -0.3 is 14.5 Å². The molecule has 0 saturated carbocycles. The number of hydrogen-bond donors (Lipinski definition) is 0. The maximum absolute atomic E-state index is 13.4. The zero-order chi connectivity index (χ0) is 20.9. The smallest absolute Gasteiger partial charge is 0.409 e. The lowest BCUT2D eigenvalue weighted by Crippen LogP contribution is -2.50. The topological polar surface area (TPSA) is 80.6 Å². The SMILES string of the molecule is CCOC(=O)N1CCN(C(=O)c2cn(-c3ccccc3)nc2-c2cccnc2)CC1. The number of ether oxygens (including phenoxy) is 1. The monoisotopic (exact) mass is 405 g/mol. The van der Waals surface area contributed by atoms with Crippen LogP contribution in [0.15, 0.2) is 61.1 Å². The normalized spacial score (nSPS) is 13.9. The van der Waals surface area contributed by atoms with Crippen molar-refractivity contribution in [2.45, 2.75) is 6.92 Å². The van der Waals surface area contributed by atoms with Crippen LogP contribution in [0.2, 0.25) is 0 Å². The lowest BCUT2D eigenvalue weighted by Gasteiger charge is -2.34. The predicted molar refractivity (Wildman–Crippen MR) is 111 cm³/mol. The number of amides is 2. The van der Waals surface area contributed by atoms with Gasteiger partial charge in [-0.1, -0.05) is 18.2 Å². The highest BCUT2D eigenvalue weighted by Crippen LogP contribution is 2.25. The van der Waals surface area contributed by atoms with Crippen LogP contribution in [0.4, 0.5) is 4.79 Å². The average Bonchev–Trinajstić information content (AvgIpc) is 3.26. The maximum Gasteiger partial charge on any atom is 0.409 e. The zero-order valence-electron chi connectivity index (χ0n) is 16.8.